The second-order valence-electron chi connectivity index (χ2n) is 15.1. The quantitative estimate of drug-likeness (QED) is 0.0930. The number of aromatic nitrogens is 1. The number of carbonyl (C=O) groups excluding carboxylic acids is 1. The standard InChI is InChI=1S/C30H30N.C15H28O2.Ir/c1-19(2)13-21-9-12-27-23(14-21)10-11-24-18-31-30(17-29(24)27)25-15-22-7-5-6-8-26(22)28(16-25)20(3)4;1-7-14(5,8-2)12(16)11-13(17)15(6,9-3)10-4;/h5-9,12,14,16-20H,10-11,13H2,1-4H3;11,16H,7-10H2,1-6H3;/q-1;;/b;12-11-;. The molecule has 4 aromatic rings. The fourth-order valence-electron chi connectivity index (χ4n) is 6.62. The molecule has 0 aliphatic heterocycles. The largest absolute Gasteiger partial charge is 0.512 e. The average molecular weight is 837 g/mol. The maximum absolute atomic E-state index is 12.2. The Morgan fingerprint density at radius 1 is 0.857 bits per heavy atom. The molecule has 0 saturated heterocycles. The third-order valence-electron chi connectivity index (χ3n) is 11.1. The predicted octanol–water partition coefficient (Wildman–Crippen LogP) is 12.4. The van der Waals surface area contributed by atoms with E-state index in [0.29, 0.717) is 11.8 Å². The van der Waals surface area contributed by atoms with Crippen LogP contribution in [0.15, 0.2) is 72.6 Å². The molecule has 5 rings (SSSR count). The topological polar surface area (TPSA) is 50.2 Å². The number of rotatable bonds is 11. The van der Waals surface area contributed by atoms with Gasteiger partial charge in [0.1, 0.15) is 5.76 Å². The number of nitrogens with zero attached hydrogens (tertiary/aromatic N) is 1. The molecule has 0 spiro atoms. The van der Waals surface area contributed by atoms with Gasteiger partial charge in [-0.15, -0.1) is 29.1 Å². The zero-order valence-corrected chi connectivity index (χ0v) is 34.0. The summed E-state index contributed by atoms with van der Waals surface area (Å²) in [4.78, 5) is 17.0. The van der Waals surface area contributed by atoms with Crippen molar-refractivity contribution in [3.8, 4) is 22.4 Å². The first-order valence-electron chi connectivity index (χ1n) is 18.3. The number of ketones is 1. The van der Waals surface area contributed by atoms with Crippen molar-refractivity contribution in [2.24, 2.45) is 16.7 Å². The summed E-state index contributed by atoms with van der Waals surface area (Å²) in [5.74, 6) is 1.42. The van der Waals surface area contributed by atoms with Crippen molar-refractivity contribution < 1.29 is 30.0 Å². The van der Waals surface area contributed by atoms with E-state index < -0.39 is 0 Å². The number of hydrogen-bond donors (Lipinski definition) is 1. The van der Waals surface area contributed by atoms with Crippen molar-refractivity contribution in [2.75, 3.05) is 0 Å². The Balaban J connectivity index is 0.000000312. The molecule has 1 radical (unpaired) electrons. The van der Waals surface area contributed by atoms with Crippen molar-refractivity contribution in [3.63, 3.8) is 0 Å². The fourth-order valence-corrected chi connectivity index (χ4v) is 6.62. The molecule has 4 heteroatoms. The number of benzene rings is 3. The molecule has 1 heterocycles. The van der Waals surface area contributed by atoms with Crippen LogP contribution in [0.3, 0.4) is 0 Å². The minimum atomic E-state index is -0.337. The van der Waals surface area contributed by atoms with E-state index in [-0.39, 0.29) is 42.5 Å². The van der Waals surface area contributed by atoms with Gasteiger partial charge in [-0.3, -0.25) is 9.78 Å². The molecule has 1 aliphatic rings. The Kier molecular flexibility index (Phi) is 14.2. The van der Waals surface area contributed by atoms with Gasteiger partial charge in [0, 0.05) is 48.9 Å². The number of carbonyl (C=O) groups is 1. The molecule has 1 aliphatic carbocycles. The number of fused-ring (bicyclic) bond motifs is 4. The van der Waals surface area contributed by atoms with Crippen LogP contribution in [0, 0.1) is 22.8 Å². The van der Waals surface area contributed by atoms with Gasteiger partial charge < -0.3 is 5.11 Å². The molecule has 3 aromatic carbocycles. The van der Waals surface area contributed by atoms with E-state index in [2.05, 4.69) is 94.6 Å². The third-order valence-corrected chi connectivity index (χ3v) is 11.1. The summed E-state index contributed by atoms with van der Waals surface area (Å²) in [7, 11) is 0. The summed E-state index contributed by atoms with van der Waals surface area (Å²) in [5.41, 5.74) is 9.88. The minimum Gasteiger partial charge on any atom is -0.512 e. The van der Waals surface area contributed by atoms with Gasteiger partial charge in [0.15, 0.2) is 5.78 Å². The summed E-state index contributed by atoms with van der Waals surface area (Å²) in [6.07, 6.45) is 10.2. The summed E-state index contributed by atoms with van der Waals surface area (Å²) in [6.45, 7) is 21.2. The smallest absolute Gasteiger partial charge is 0.164 e. The summed E-state index contributed by atoms with van der Waals surface area (Å²) in [5, 5.41) is 12.6. The van der Waals surface area contributed by atoms with Crippen molar-refractivity contribution >= 4 is 16.6 Å². The van der Waals surface area contributed by atoms with E-state index in [0.717, 1.165) is 56.2 Å². The first-order valence-corrected chi connectivity index (χ1v) is 18.3. The van der Waals surface area contributed by atoms with E-state index in [1.165, 1.54) is 50.2 Å². The van der Waals surface area contributed by atoms with Gasteiger partial charge in [0.05, 0.1) is 0 Å². The summed E-state index contributed by atoms with van der Waals surface area (Å²) in [6, 6.07) is 23.9. The Labute approximate surface area is 310 Å². The molecular formula is C45H58IrNO2-. The first-order chi connectivity index (χ1) is 22.8. The SMILES string of the molecule is CC(C)Cc1ccc2c(c1)CCc1cnc(-c3[c-]c4ccccc4c(C(C)C)c3)cc1-2.CCC(C)(CC)C(=O)/C=C(\O)C(C)(CC)CC.[Ir]. The van der Waals surface area contributed by atoms with Gasteiger partial charge in [0.2, 0.25) is 0 Å². The zero-order chi connectivity index (χ0) is 35.2. The molecule has 1 aromatic heterocycles. The summed E-state index contributed by atoms with van der Waals surface area (Å²) < 4.78 is 0. The van der Waals surface area contributed by atoms with Crippen LogP contribution in [0.5, 0.6) is 0 Å². The molecule has 0 saturated carbocycles. The molecule has 1 N–H and O–H groups in total. The van der Waals surface area contributed by atoms with Crippen LogP contribution in [-0.4, -0.2) is 15.9 Å². The van der Waals surface area contributed by atoms with Crippen LogP contribution in [0.1, 0.15) is 123 Å². The molecular weight excluding hydrogens is 779 g/mol. The van der Waals surface area contributed by atoms with E-state index in [4.69, 9.17) is 4.98 Å². The fraction of sp³-hybridized carbons (Fsp3) is 0.467. The van der Waals surface area contributed by atoms with Gasteiger partial charge in [-0.25, -0.2) is 0 Å². The van der Waals surface area contributed by atoms with Crippen LogP contribution in [0.25, 0.3) is 33.2 Å². The molecule has 265 valence electrons. The molecule has 0 fully saturated rings. The number of hydrogen-bond acceptors (Lipinski definition) is 3. The maximum Gasteiger partial charge on any atom is 0.164 e. The van der Waals surface area contributed by atoms with Gasteiger partial charge >= 0.3 is 0 Å². The maximum atomic E-state index is 12.2. The number of aryl methyl sites for hydroxylation is 2. The van der Waals surface area contributed by atoms with E-state index in [1.807, 2.05) is 41.5 Å². The normalized spacial score (nSPS) is 13.0. The van der Waals surface area contributed by atoms with Crippen LogP contribution < -0.4 is 0 Å². The van der Waals surface area contributed by atoms with Crippen LogP contribution in [0.4, 0.5) is 0 Å². The average Bonchev–Trinajstić information content (AvgIpc) is 3.09. The predicted molar refractivity (Wildman–Crippen MR) is 205 cm³/mol. The third kappa shape index (κ3) is 9.19. The van der Waals surface area contributed by atoms with Crippen LogP contribution in [0.2, 0.25) is 0 Å². The van der Waals surface area contributed by atoms with E-state index in [9.17, 15) is 9.90 Å². The van der Waals surface area contributed by atoms with Crippen molar-refractivity contribution in [3.05, 3.63) is 101 Å². The molecule has 0 bridgehead atoms. The number of pyridine rings is 1. The summed E-state index contributed by atoms with van der Waals surface area (Å²) >= 11 is 0. The number of aliphatic hydroxyl groups excluding tert-OH is 1. The van der Waals surface area contributed by atoms with Gasteiger partial charge in [-0.1, -0.05) is 123 Å². The van der Waals surface area contributed by atoms with Crippen molar-refractivity contribution in [1.29, 1.82) is 0 Å². The van der Waals surface area contributed by atoms with Gasteiger partial charge in [0.25, 0.3) is 0 Å². The molecule has 0 unspecified atom stereocenters. The molecule has 0 amide bonds. The Morgan fingerprint density at radius 3 is 2.10 bits per heavy atom. The zero-order valence-electron chi connectivity index (χ0n) is 31.6. The molecule has 0 atom stereocenters. The second-order valence-corrected chi connectivity index (χ2v) is 15.1. The van der Waals surface area contributed by atoms with Gasteiger partial charge in [-0.05, 0) is 84.6 Å². The Morgan fingerprint density at radius 2 is 1.49 bits per heavy atom. The number of allylic oxidation sites excluding steroid dienone is 2. The van der Waals surface area contributed by atoms with Crippen molar-refractivity contribution in [2.45, 2.75) is 120 Å². The molecule has 49 heavy (non-hydrogen) atoms. The second kappa shape index (κ2) is 17.2. The van der Waals surface area contributed by atoms with Crippen molar-refractivity contribution in [1.82, 2.24) is 4.98 Å². The Hall–Kier alpha value is -3.07. The van der Waals surface area contributed by atoms with Crippen LogP contribution >= 0.6 is 0 Å². The van der Waals surface area contributed by atoms with Gasteiger partial charge in [-0.2, -0.15) is 0 Å². The monoisotopic (exact) mass is 837 g/mol. The van der Waals surface area contributed by atoms with E-state index in [1.54, 1.807) is 0 Å². The number of aliphatic hydroxyl groups is 1. The van der Waals surface area contributed by atoms with Crippen LogP contribution in [-0.2, 0) is 44.2 Å². The van der Waals surface area contributed by atoms with E-state index >= 15 is 0 Å². The molecule has 3 nitrogen and oxygen atoms in total. The first kappa shape index (κ1) is 40.4. The minimum absolute atomic E-state index is 0. The Bertz CT molecular complexity index is 1760.